The minimum atomic E-state index is -0.667. The number of carbonyl (C=O) groups excluding carboxylic acids is 2. The minimum Gasteiger partial charge on any atom is -0.349 e. The molecule has 0 heterocycles. The second-order valence-corrected chi connectivity index (χ2v) is 7.32. The van der Waals surface area contributed by atoms with Crippen molar-refractivity contribution in [1.82, 2.24) is 10.6 Å². The Morgan fingerprint density at radius 2 is 1.83 bits per heavy atom. The maximum Gasteiger partial charge on any atom is 0.253 e. The standard InChI is InChI=1S/C22H25F2N3O2/c1-14(17-11-10-15(23)12-19(17)24)25-13-21(28)27-20-9-5-4-8-18(20)22(29)26-16-6-2-3-7-16/h4-5,8-12,14,16,25H,2-3,6-7,13H2,1H3,(H,26,29)(H,27,28)/t14-/m0/s1. The number of hydrogen-bond donors (Lipinski definition) is 3. The number of benzene rings is 2. The smallest absolute Gasteiger partial charge is 0.253 e. The van der Waals surface area contributed by atoms with E-state index < -0.39 is 17.7 Å². The number of para-hydroxylation sites is 1. The Kier molecular flexibility index (Phi) is 6.93. The van der Waals surface area contributed by atoms with Crippen molar-refractivity contribution in [1.29, 1.82) is 0 Å². The van der Waals surface area contributed by atoms with Crippen LogP contribution in [0.2, 0.25) is 0 Å². The summed E-state index contributed by atoms with van der Waals surface area (Å²) in [5, 5.41) is 8.66. The van der Waals surface area contributed by atoms with Gasteiger partial charge in [-0.2, -0.15) is 0 Å². The molecule has 0 unspecified atom stereocenters. The molecule has 0 aromatic heterocycles. The van der Waals surface area contributed by atoms with E-state index in [4.69, 9.17) is 0 Å². The topological polar surface area (TPSA) is 70.2 Å². The van der Waals surface area contributed by atoms with Gasteiger partial charge in [0.15, 0.2) is 0 Å². The molecular formula is C22H25F2N3O2. The lowest BCUT2D eigenvalue weighted by Gasteiger charge is -2.17. The summed E-state index contributed by atoms with van der Waals surface area (Å²) in [6.45, 7) is 1.60. The molecule has 0 spiro atoms. The third kappa shape index (κ3) is 5.60. The zero-order valence-electron chi connectivity index (χ0n) is 16.3. The summed E-state index contributed by atoms with van der Waals surface area (Å²) < 4.78 is 26.9. The van der Waals surface area contributed by atoms with Crippen LogP contribution in [0.5, 0.6) is 0 Å². The molecule has 0 aliphatic heterocycles. The van der Waals surface area contributed by atoms with Crippen LogP contribution in [-0.4, -0.2) is 24.4 Å². The molecule has 1 aliphatic rings. The molecule has 7 heteroatoms. The number of rotatable bonds is 7. The normalized spacial score (nSPS) is 15.1. The zero-order valence-corrected chi connectivity index (χ0v) is 16.3. The van der Waals surface area contributed by atoms with Gasteiger partial charge in [-0.25, -0.2) is 8.78 Å². The van der Waals surface area contributed by atoms with Gasteiger partial charge < -0.3 is 16.0 Å². The summed E-state index contributed by atoms with van der Waals surface area (Å²) >= 11 is 0. The Morgan fingerprint density at radius 3 is 2.55 bits per heavy atom. The zero-order chi connectivity index (χ0) is 20.8. The summed E-state index contributed by atoms with van der Waals surface area (Å²) in [6, 6.07) is 9.87. The Hall–Kier alpha value is -2.80. The Labute approximate surface area is 168 Å². The van der Waals surface area contributed by atoms with E-state index in [0.29, 0.717) is 11.3 Å². The van der Waals surface area contributed by atoms with Crippen molar-refractivity contribution in [3.63, 3.8) is 0 Å². The predicted octanol–water partition coefficient (Wildman–Crippen LogP) is 3.93. The second kappa shape index (κ2) is 9.60. The molecule has 3 N–H and O–H groups in total. The van der Waals surface area contributed by atoms with Gasteiger partial charge in [-0.1, -0.05) is 31.0 Å². The molecule has 1 aliphatic carbocycles. The molecule has 154 valence electrons. The Balaban J connectivity index is 1.58. The molecule has 0 radical (unpaired) electrons. The highest BCUT2D eigenvalue weighted by Crippen LogP contribution is 2.21. The Bertz CT molecular complexity index is 882. The van der Waals surface area contributed by atoms with Gasteiger partial charge in [0, 0.05) is 23.7 Å². The largest absolute Gasteiger partial charge is 0.349 e. The summed E-state index contributed by atoms with van der Waals surface area (Å²) in [5.41, 5.74) is 1.11. The van der Waals surface area contributed by atoms with Crippen LogP contribution in [0.1, 0.15) is 54.6 Å². The van der Waals surface area contributed by atoms with Gasteiger partial charge in [-0.15, -0.1) is 0 Å². The van der Waals surface area contributed by atoms with Crippen LogP contribution in [0.3, 0.4) is 0 Å². The fourth-order valence-electron chi connectivity index (χ4n) is 3.53. The first-order valence-electron chi connectivity index (χ1n) is 9.82. The van der Waals surface area contributed by atoms with Crippen molar-refractivity contribution >= 4 is 17.5 Å². The molecule has 2 aromatic carbocycles. The summed E-state index contributed by atoms with van der Waals surface area (Å²) in [7, 11) is 0. The number of anilines is 1. The van der Waals surface area contributed by atoms with Crippen molar-refractivity contribution in [2.75, 3.05) is 11.9 Å². The van der Waals surface area contributed by atoms with Crippen molar-refractivity contribution < 1.29 is 18.4 Å². The lowest BCUT2D eigenvalue weighted by atomic mass is 10.1. The van der Waals surface area contributed by atoms with Crippen LogP contribution in [0.25, 0.3) is 0 Å². The van der Waals surface area contributed by atoms with E-state index in [-0.39, 0.29) is 30.0 Å². The van der Waals surface area contributed by atoms with Gasteiger partial charge in [0.2, 0.25) is 5.91 Å². The van der Waals surface area contributed by atoms with Crippen LogP contribution in [-0.2, 0) is 4.79 Å². The fourth-order valence-corrected chi connectivity index (χ4v) is 3.53. The van der Waals surface area contributed by atoms with E-state index in [0.717, 1.165) is 31.7 Å². The fraction of sp³-hybridized carbons (Fsp3) is 0.364. The monoisotopic (exact) mass is 401 g/mol. The molecule has 29 heavy (non-hydrogen) atoms. The van der Waals surface area contributed by atoms with Gasteiger partial charge in [0.1, 0.15) is 11.6 Å². The van der Waals surface area contributed by atoms with Crippen LogP contribution in [0.15, 0.2) is 42.5 Å². The maximum absolute atomic E-state index is 13.9. The third-order valence-electron chi connectivity index (χ3n) is 5.13. The van der Waals surface area contributed by atoms with Crippen LogP contribution < -0.4 is 16.0 Å². The van der Waals surface area contributed by atoms with Crippen LogP contribution in [0.4, 0.5) is 14.5 Å². The lowest BCUT2D eigenvalue weighted by molar-refractivity contribution is -0.115. The SMILES string of the molecule is C[C@H](NCC(=O)Nc1ccccc1C(=O)NC1CCCC1)c1ccc(F)cc1F. The van der Waals surface area contributed by atoms with E-state index in [1.165, 1.54) is 12.1 Å². The van der Waals surface area contributed by atoms with E-state index in [1.807, 2.05) is 0 Å². The maximum atomic E-state index is 13.9. The van der Waals surface area contributed by atoms with E-state index in [2.05, 4.69) is 16.0 Å². The van der Waals surface area contributed by atoms with Crippen LogP contribution in [0, 0.1) is 11.6 Å². The number of hydrogen-bond acceptors (Lipinski definition) is 3. The number of halogens is 2. The van der Waals surface area contributed by atoms with E-state index in [9.17, 15) is 18.4 Å². The molecule has 3 rings (SSSR count). The summed E-state index contributed by atoms with van der Waals surface area (Å²) in [6.07, 6.45) is 4.17. The van der Waals surface area contributed by atoms with Crippen molar-refractivity contribution in [3.05, 3.63) is 65.2 Å². The first-order chi connectivity index (χ1) is 13.9. The van der Waals surface area contributed by atoms with Crippen LogP contribution >= 0.6 is 0 Å². The highest BCUT2D eigenvalue weighted by Gasteiger charge is 2.20. The third-order valence-corrected chi connectivity index (χ3v) is 5.13. The molecule has 5 nitrogen and oxygen atoms in total. The van der Waals surface area contributed by atoms with Gasteiger partial charge in [-0.3, -0.25) is 9.59 Å². The first-order valence-corrected chi connectivity index (χ1v) is 9.82. The number of carbonyl (C=O) groups is 2. The molecular weight excluding hydrogens is 376 g/mol. The minimum absolute atomic E-state index is 0.0867. The molecule has 1 fully saturated rings. The summed E-state index contributed by atoms with van der Waals surface area (Å²) in [4.78, 5) is 24.9. The number of amides is 2. The molecule has 1 saturated carbocycles. The lowest BCUT2D eigenvalue weighted by Crippen LogP contribution is -2.34. The second-order valence-electron chi connectivity index (χ2n) is 7.32. The molecule has 1 atom stereocenters. The molecule has 2 aromatic rings. The van der Waals surface area contributed by atoms with Crippen molar-refractivity contribution in [2.45, 2.75) is 44.7 Å². The van der Waals surface area contributed by atoms with Gasteiger partial charge in [0.25, 0.3) is 5.91 Å². The quantitative estimate of drug-likeness (QED) is 0.659. The average molecular weight is 401 g/mol. The van der Waals surface area contributed by atoms with Gasteiger partial charge in [0.05, 0.1) is 17.8 Å². The molecule has 0 bridgehead atoms. The van der Waals surface area contributed by atoms with Gasteiger partial charge >= 0.3 is 0 Å². The molecule has 2 amide bonds. The molecule has 0 saturated heterocycles. The highest BCUT2D eigenvalue weighted by molar-refractivity contribution is 6.04. The summed E-state index contributed by atoms with van der Waals surface area (Å²) in [5.74, 6) is -1.88. The van der Waals surface area contributed by atoms with Gasteiger partial charge in [-0.05, 0) is 38.0 Å². The highest BCUT2D eigenvalue weighted by atomic mass is 19.1. The van der Waals surface area contributed by atoms with E-state index >= 15 is 0 Å². The van der Waals surface area contributed by atoms with E-state index in [1.54, 1.807) is 31.2 Å². The van der Waals surface area contributed by atoms with Crippen molar-refractivity contribution in [2.24, 2.45) is 0 Å². The average Bonchev–Trinajstić information content (AvgIpc) is 3.19. The first kappa shape index (κ1) is 20.9. The predicted molar refractivity (Wildman–Crippen MR) is 108 cm³/mol. The number of nitrogens with one attached hydrogen (secondary N) is 3. The Morgan fingerprint density at radius 1 is 1.10 bits per heavy atom. The van der Waals surface area contributed by atoms with Crippen molar-refractivity contribution in [3.8, 4) is 0 Å².